The van der Waals surface area contributed by atoms with E-state index >= 15 is 0 Å². The molecule has 16 heteroatoms. The number of aliphatic hydroxyl groups is 5. The molecule has 0 saturated carbocycles. The Morgan fingerprint density at radius 3 is 2.41 bits per heavy atom. The van der Waals surface area contributed by atoms with Crippen molar-refractivity contribution in [2.75, 3.05) is 30.5 Å². The molecule has 3 saturated heterocycles. The third kappa shape index (κ3) is 6.57. The highest BCUT2D eigenvalue weighted by atomic mass is 28.4. The van der Waals surface area contributed by atoms with Crippen LogP contribution in [0.5, 0.6) is 5.75 Å². The molecule has 51 heavy (non-hydrogen) atoms. The maximum Gasteiger partial charge on any atom is 0.264 e. The lowest BCUT2D eigenvalue weighted by Crippen LogP contribution is -2.60. The van der Waals surface area contributed by atoms with Crippen molar-refractivity contribution in [3.8, 4) is 5.75 Å². The average Bonchev–Trinajstić information content (AvgIpc) is 3.76. The third-order valence-corrected chi connectivity index (χ3v) is 13.4. The molecule has 3 amide bonds. The zero-order valence-corrected chi connectivity index (χ0v) is 30.0. The lowest BCUT2D eigenvalue weighted by atomic mass is 9.82. The van der Waals surface area contributed by atoms with E-state index in [0.717, 1.165) is 6.42 Å². The molecule has 15 nitrogen and oxygen atoms in total. The first kappa shape index (κ1) is 37.3. The van der Waals surface area contributed by atoms with Crippen LogP contribution in [-0.4, -0.2) is 124 Å². The Hall–Kier alpha value is -3.45. The van der Waals surface area contributed by atoms with Crippen LogP contribution < -0.4 is 15.0 Å². The summed E-state index contributed by atoms with van der Waals surface area (Å²) in [5, 5.41) is 52.1. The number of nitrogens with one attached hydrogen (secondary N) is 1. The highest BCUT2D eigenvalue weighted by Gasteiger charge is 2.66. The van der Waals surface area contributed by atoms with Crippen LogP contribution in [0.1, 0.15) is 37.3 Å². The summed E-state index contributed by atoms with van der Waals surface area (Å²) in [6, 6.07) is 11.6. The zero-order chi connectivity index (χ0) is 37.0. The van der Waals surface area contributed by atoms with E-state index in [9.17, 15) is 44.7 Å². The monoisotopic (exact) mass is 729 g/mol. The number of hydrogen-bond donors (Lipinski definition) is 7. The van der Waals surface area contributed by atoms with Gasteiger partial charge < -0.3 is 59.7 Å². The predicted octanol–water partition coefficient (Wildman–Crippen LogP) is 0.152. The molecule has 1 spiro atoms. The summed E-state index contributed by atoms with van der Waals surface area (Å²) < 4.78 is 17.4. The van der Waals surface area contributed by atoms with E-state index in [0.29, 0.717) is 41.2 Å². The third-order valence-electron chi connectivity index (χ3n) is 10.9. The van der Waals surface area contributed by atoms with Crippen LogP contribution in [0.2, 0.25) is 18.6 Å². The second kappa shape index (κ2) is 14.2. The van der Waals surface area contributed by atoms with Crippen molar-refractivity contribution < 1.29 is 58.9 Å². The number of rotatable bonds is 9. The zero-order valence-electron chi connectivity index (χ0n) is 29.0. The van der Waals surface area contributed by atoms with E-state index in [2.05, 4.69) is 5.32 Å². The van der Waals surface area contributed by atoms with Gasteiger partial charge in [-0.15, -0.1) is 0 Å². The molecule has 0 bridgehead atoms. The number of anilines is 2. The van der Waals surface area contributed by atoms with Gasteiger partial charge in [-0.25, -0.2) is 0 Å². The van der Waals surface area contributed by atoms with Crippen molar-refractivity contribution >= 4 is 37.4 Å². The Labute approximate surface area is 296 Å². The van der Waals surface area contributed by atoms with Gasteiger partial charge in [0.1, 0.15) is 24.1 Å². The maximum absolute atomic E-state index is 14.8. The molecule has 278 valence electrons. The molecule has 0 aromatic heterocycles. The SMILES string of the molecule is COc1ccc2c(c1)[C@@]1(O[C@H](CC(=O)N3CCC[C@H]3CO)[C@@H]([Si](C)(C)O)[C@@H]1C)C(=O)N2Cc1ccc(NC(=O)[C@H]2O[C@@H](O)[C@H](O)[C@@H](O)[C@@H]2O)cc1. The lowest BCUT2D eigenvalue weighted by molar-refractivity contribution is -0.274. The topological polar surface area (TPSA) is 219 Å². The second-order valence-electron chi connectivity index (χ2n) is 14.5. The molecule has 0 radical (unpaired) electrons. The molecule has 2 aromatic rings. The van der Waals surface area contributed by atoms with Crippen molar-refractivity contribution in [1.29, 1.82) is 0 Å². The largest absolute Gasteiger partial charge is 0.497 e. The Bertz CT molecular complexity index is 1640. The van der Waals surface area contributed by atoms with Crippen molar-refractivity contribution in [2.45, 2.75) is 99.8 Å². The minimum absolute atomic E-state index is 0.0363. The number of benzene rings is 2. The van der Waals surface area contributed by atoms with E-state index in [-0.39, 0.29) is 37.4 Å². The van der Waals surface area contributed by atoms with Gasteiger partial charge in [-0.2, -0.15) is 0 Å². The van der Waals surface area contributed by atoms with Crippen LogP contribution in [0.4, 0.5) is 11.4 Å². The van der Waals surface area contributed by atoms with Crippen molar-refractivity contribution in [3.63, 3.8) is 0 Å². The van der Waals surface area contributed by atoms with Crippen LogP contribution >= 0.6 is 0 Å². The number of nitrogens with zero attached hydrogens (tertiary/aromatic N) is 2. The van der Waals surface area contributed by atoms with Crippen LogP contribution in [0.3, 0.4) is 0 Å². The fourth-order valence-electron chi connectivity index (χ4n) is 8.35. The summed E-state index contributed by atoms with van der Waals surface area (Å²) in [5.41, 5.74) is 0.194. The summed E-state index contributed by atoms with van der Waals surface area (Å²) in [4.78, 5) is 56.1. The van der Waals surface area contributed by atoms with Crippen molar-refractivity contribution in [1.82, 2.24) is 4.90 Å². The van der Waals surface area contributed by atoms with Crippen molar-refractivity contribution in [2.24, 2.45) is 5.92 Å². The maximum atomic E-state index is 14.8. The summed E-state index contributed by atoms with van der Waals surface area (Å²) >= 11 is 0. The molecule has 0 unspecified atom stereocenters. The van der Waals surface area contributed by atoms with E-state index in [4.69, 9.17) is 14.2 Å². The van der Waals surface area contributed by atoms with E-state index in [1.807, 2.05) is 6.92 Å². The number of carbonyl (C=O) groups excluding carboxylic acids is 3. The first-order chi connectivity index (χ1) is 24.1. The number of hydrogen-bond acceptors (Lipinski definition) is 12. The molecule has 4 aliphatic heterocycles. The molecule has 4 heterocycles. The number of likely N-dealkylation sites (tertiary alicyclic amines) is 1. The minimum Gasteiger partial charge on any atom is -0.497 e. The molecule has 2 aromatic carbocycles. The molecule has 10 atom stereocenters. The molecule has 7 N–H and O–H groups in total. The fourth-order valence-corrected chi connectivity index (χ4v) is 10.9. The first-order valence-corrected chi connectivity index (χ1v) is 20.2. The quantitative estimate of drug-likeness (QED) is 0.172. The molecule has 6 rings (SSSR count). The Morgan fingerprint density at radius 2 is 1.76 bits per heavy atom. The van der Waals surface area contributed by atoms with Gasteiger partial charge in [0, 0.05) is 29.3 Å². The van der Waals surface area contributed by atoms with Gasteiger partial charge in [-0.3, -0.25) is 14.4 Å². The molecular weight excluding hydrogens is 682 g/mol. The van der Waals surface area contributed by atoms with Crippen LogP contribution in [-0.2, 0) is 36.0 Å². The van der Waals surface area contributed by atoms with Gasteiger partial charge in [0.05, 0.1) is 44.5 Å². The summed E-state index contributed by atoms with van der Waals surface area (Å²) in [5.74, 6) is -1.36. The number of fused-ring (bicyclic) bond motifs is 2. The number of carbonyl (C=O) groups is 3. The number of amides is 3. The standard InChI is InChI=1S/C35H47N3O12Si/c1-18-31(51(3,4)47)25(15-26(40)37-13-5-6-21(37)17-39)50-35(18)23-14-22(48-2)11-12-24(23)38(34(35)46)16-19-7-9-20(10-8-19)36-32(44)30-28(42)27(41)29(43)33(45)49-30/h7-12,14,18,21,25,27-31,33,39,41-43,45,47H,5-6,13,15-17H2,1-4H3,(H,36,44)/t18-,21-,25+,27-,28-,29+,30-,31-,33+,35+/m0/s1. The van der Waals surface area contributed by atoms with E-state index in [1.54, 1.807) is 65.4 Å². The highest BCUT2D eigenvalue weighted by Crippen LogP contribution is 2.60. The second-order valence-corrected chi connectivity index (χ2v) is 18.5. The summed E-state index contributed by atoms with van der Waals surface area (Å²) in [6.45, 7) is 5.99. The van der Waals surface area contributed by atoms with Crippen LogP contribution in [0.25, 0.3) is 0 Å². The average molecular weight is 730 g/mol. The predicted molar refractivity (Wildman–Crippen MR) is 184 cm³/mol. The van der Waals surface area contributed by atoms with Gasteiger partial charge in [-0.05, 0) is 61.8 Å². The Morgan fingerprint density at radius 1 is 1.06 bits per heavy atom. The number of ether oxygens (including phenoxy) is 3. The molecule has 0 aliphatic carbocycles. The van der Waals surface area contributed by atoms with E-state index < -0.39 is 68.1 Å². The fraction of sp³-hybridized carbons (Fsp3) is 0.571. The number of methoxy groups -OCH3 is 1. The van der Waals surface area contributed by atoms with E-state index in [1.165, 1.54) is 7.11 Å². The minimum atomic E-state index is -3.04. The Kier molecular flexibility index (Phi) is 10.4. The molecule has 3 fully saturated rings. The smallest absolute Gasteiger partial charge is 0.264 e. The van der Waals surface area contributed by atoms with Gasteiger partial charge >= 0.3 is 0 Å². The van der Waals surface area contributed by atoms with Gasteiger partial charge in [0.25, 0.3) is 11.8 Å². The Balaban J connectivity index is 1.25. The number of aliphatic hydroxyl groups excluding tert-OH is 5. The molecule has 4 aliphatic rings. The lowest BCUT2D eigenvalue weighted by Gasteiger charge is -2.37. The van der Waals surface area contributed by atoms with Crippen molar-refractivity contribution in [3.05, 3.63) is 53.6 Å². The molecular formula is C35H47N3O12Si. The van der Waals surface area contributed by atoms with Gasteiger partial charge in [-0.1, -0.05) is 19.1 Å². The van der Waals surface area contributed by atoms with Gasteiger partial charge in [0.15, 0.2) is 26.3 Å². The normalized spacial score (nSPS) is 33.5. The highest BCUT2D eigenvalue weighted by molar-refractivity contribution is 6.71. The summed E-state index contributed by atoms with van der Waals surface area (Å²) in [7, 11) is -1.51. The van der Waals surface area contributed by atoms with Crippen LogP contribution in [0.15, 0.2) is 42.5 Å². The first-order valence-electron chi connectivity index (χ1n) is 17.2. The summed E-state index contributed by atoms with van der Waals surface area (Å²) in [6.07, 6.45) is -8.12. The van der Waals surface area contributed by atoms with Gasteiger partial charge in [0.2, 0.25) is 5.91 Å². The van der Waals surface area contributed by atoms with Crippen LogP contribution in [0, 0.1) is 5.92 Å².